The third kappa shape index (κ3) is 4.69. The van der Waals surface area contributed by atoms with Crippen LogP contribution in [0.25, 0.3) is 11.1 Å². The van der Waals surface area contributed by atoms with E-state index in [9.17, 15) is 8.78 Å². The van der Waals surface area contributed by atoms with Crippen molar-refractivity contribution in [3.8, 4) is 16.9 Å². The van der Waals surface area contributed by atoms with E-state index >= 15 is 0 Å². The molecule has 1 saturated heterocycles. The molecule has 0 spiro atoms. The lowest BCUT2D eigenvalue weighted by atomic mass is 10.1. The first kappa shape index (κ1) is 22.4. The Morgan fingerprint density at radius 2 is 1.82 bits per heavy atom. The maximum Gasteiger partial charge on any atom is 0.202 e. The number of aromatic nitrogens is 2. The number of hydrazine groups is 1. The molecule has 0 saturated carbocycles. The molecule has 0 unspecified atom stereocenters. The zero-order valence-electron chi connectivity index (χ0n) is 17.7. The predicted molar refractivity (Wildman–Crippen MR) is 122 cm³/mol. The van der Waals surface area contributed by atoms with Gasteiger partial charge in [-0.2, -0.15) is 9.49 Å². The molecule has 2 aromatic heterocycles. The van der Waals surface area contributed by atoms with Crippen LogP contribution in [0.1, 0.15) is 18.4 Å². The smallest absolute Gasteiger partial charge is 0.202 e. The summed E-state index contributed by atoms with van der Waals surface area (Å²) in [6, 6.07) is 7.86. The number of hydrazone groups is 1. The number of nitrogens with one attached hydrogen (secondary N) is 1. The van der Waals surface area contributed by atoms with Gasteiger partial charge >= 0.3 is 0 Å². The molecular weight excluding hydrogens is 430 g/mol. The number of anilines is 2. The van der Waals surface area contributed by atoms with Crippen LogP contribution in [0.2, 0.25) is 0 Å². The summed E-state index contributed by atoms with van der Waals surface area (Å²) < 4.78 is 35.4. The number of amidine groups is 1. The number of rotatable bonds is 5. The van der Waals surface area contributed by atoms with Crippen molar-refractivity contribution in [3.05, 3.63) is 66.1 Å². The maximum atomic E-state index is 15.0. The van der Waals surface area contributed by atoms with Gasteiger partial charge in [0.15, 0.2) is 17.4 Å². The summed E-state index contributed by atoms with van der Waals surface area (Å²) in [6.07, 6.45) is 6.04. The van der Waals surface area contributed by atoms with Crippen LogP contribution in [-0.2, 0) is 0 Å². The van der Waals surface area contributed by atoms with Crippen LogP contribution in [0, 0.1) is 11.6 Å². The van der Waals surface area contributed by atoms with Gasteiger partial charge in [-0.25, -0.2) is 15.2 Å². The second kappa shape index (κ2) is 9.76. The molecule has 4 rings (SSSR count). The fourth-order valence-corrected chi connectivity index (χ4v) is 3.62. The topological polar surface area (TPSA) is 141 Å². The average molecular weight is 454 g/mol. The van der Waals surface area contributed by atoms with Gasteiger partial charge in [-0.15, -0.1) is 0 Å². The van der Waals surface area contributed by atoms with E-state index in [2.05, 4.69) is 20.4 Å². The Hall–Kier alpha value is -3.83. The number of piperidine rings is 1. The van der Waals surface area contributed by atoms with Crippen molar-refractivity contribution < 1.29 is 13.5 Å². The van der Waals surface area contributed by atoms with Gasteiger partial charge in [0, 0.05) is 24.2 Å². The van der Waals surface area contributed by atoms with Crippen molar-refractivity contribution in [1.29, 1.82) is 0 Å². The van der Waals surface area contributed by atoms with Crippen molar-refractivity contribution in [3.63, 3.8) is 0 Å². The highest BCUT2D eigenvalue weighted by atomic mass is 19.2. The Morgan fingerprint density at radius 3 is 2.52 bits per heavy atom. The standard InChI is InChI=1S/C22H24F2N8O/c23-19-17(1-2-18(20(19)24)33-15-5-9-29-10-6-15)32(27)22(31-26)16-11-14(12-30-21(16)25)13-3-7-28-8-4-13/h1-4,7-8,11-12,15,29H,5-6,9-10,26-27H2,(H2,25,30)/b31-22-. The van der Waals surface area contributed by atoms with E-state index in [-0.39, 0.29) is 34.8 Å². The van der Waals surface area contributed by atoms with Crippen molar-refractivity contribution in [2.24, 2.45) is 16.8 Å². The number of hydrogen-bond acceptors (Lipinski definition) is 8. The highest BCUT2D eigenvalue weighted by Gasteiger charge is 2.25. The Kier molecular flexibility index (Phi) is 6.61. The van der Waals surface area contributed by atoms with Crippen molar-refractivity contribution in [2.45, 2.75) is 18.9 Å². The third-order valence-electron chi connectivity index (χ3n) is 5.39. The Bertz CT molecular complexity index is 1150. The molecular formula is C22H24F2N8O. The first-order valence-electron chi connectivity index (χ1n) is 10.3. The number of pyridine rings is 2. The molecule has 3 heterocycles. The highest BCUT2D eigenvalue weighted by Crippen LogP contribution is 2.31. The number of nitrogen functional groups attached to an aromatic ring is 1. The monoisotopic (exact) mass is 454 g/mol. The second-order valence-corrected chi connectivity index (χ2v) is 7.49. The summed E-state index contributed by atoms with van der Waals surface area (Å²) in [7, 11) is 0. The van der Waals surface area contributed by atoms with Crippen LogP contribution in [0.4, 0.5) is 20.3 Å². The molecule has 1 aliphatic heterocycles. The van der Waals surface area contributed by atoms with Gasteiger partial charge in [-0.1, -0.05) is 0 Å². The Morgan fingerprint density at radius 1 is 1.09 bits per heavy atom. The van der Waals surface area contributed by atoms with Gasteiger partial charge in [0.2, 0.25) is 5.82 Å². The molecule has 1 aliphatic rings. The lowest BCUT2D eigenvalue weighted by Gasteiger charge is -2.25. The Balaban J connectivity index is 1.64. The fraction of sp³-hybridized carbons (Fsp3) is 0.227. The largest absolute Gasteiger partial charge is 0.487 e. The van der Waals surface area contributed by atoms with Crippen molar-refractivity contribution >= 4 is 17.3 Å². The van der Waals surface area contributed by atoms with E-state index in [4.69, 9.17) is 22.2 Å². The third-order valence-corrected chi connectivity index (χ3v) is 5.39. The lowest BCUT2D eigenvalue weighted by molar-refractivity contribution is 0.154. The summed E-state index contributed by atoms with van der Waals surface area (Å²) >= 11 is 0. The number of nitrogens with two attached hydrogens (primary N) is 3. The quantitative estimate of drug-likeness (QED) is 0.199. The molecule has 33 heavy (non-hydrogen) atoms. The number of ether oxygens (including phenoxy) is 1. The molecule has 0 atom stereocenters. The first-order valence-corrected chi connectivity index (χ1v) is 10.3. The van der Waals surface area contributed by atoms with Gasteiger partial charge in [-0.3, -0.25) is 9.99 Å². The number of nitrogens with zero attached hydrogens (tertiary/aromatic N) is 4. The van der Waals surface area contributed by atoms with Crippen LogP contribution in [0.5, 0.6) is 5.75 Å². The van der Waals surface area contributed by atoms with Crippen LogP contribution in [0.3, 0.4) is 0 Å². The minimum atomic E-state index is -1.19. The molecule has 1 aromatic carbocycles. The van der Waals surface area contributed by atoms with Crippen molar-refractivity contribution in [1.82, 2.24) is 15.3 Å². The second-order valence-electron chi connectivity index (χ2n) is 7.49. The summed E-state index contributed by atoms with van der Waals surface area (Å²) in [5, 5.41) is 7.69. The van der Waals surface area contributed by atoms with Gasteiger partial charge in [0.1, 0.15) is 11.9 Å². The predicted octanol–water partition coefficient (Wildman–Crippen LogP) is 2.14. The molecule has 3 aromatic rings. The Labute approximate surface area is 189 Å². The number of benzene rings is 1. The van der Waals surface area contributed by atoms with E-state index in [1.807, 2.05) is 0 Å². The van der Waals surface area contributed by atoms with Gasteiger partial charge in [0.25, 0.3) is 0 Å². The molecule has 172 valence electrons. The SMILES string of the molecule is N/N=C(/c1cc(-c2ccncc2)cnc1N)N(N)c1ccc(OC2CCNCC2)c(F)c1F. The zero-order valence-corrected chi connectivity index (χ0v) is 17.7. The van der Waals surface area contributed by atoms with Crippen LogP contribution in [-0.4, -0.2) is 35.0 Å². The van der Waals surface area contributed by atoms with Gasteiger partial charge in [0.05, 0.1) is 11.3 Å². The summed E-state index contributed by atoms with van der Waals surface area (Å²) in [4.78, 5) is 8.15. The van der Waals surface area contributed by atoms with E-state index in [0.29, 0.717) is 18.4 Å². The van der Waals surface area contributed by atoms with E-state index in [1.165, 1.54) is 12.1 Å². The van der Waals surface area contributed by atoms with Crippen LogP contribution < -0.4 is 32.5 Å². The molecule has 7 N–H and O–H groups in total. The van der Waals surface area contributed by atoms with Gasteiger partial charge in [-0.05, 0) is 61.8 Å². The molecule has 0 bridgehead atoms. The summed E-state index contributed by atoms with van der Waals surface area (Å²) in [6.45, 7) is 1.52. The average Bonchev–Trinajstić information content (AvgIpc) is 2.85. The van der Waals surface area contributed by atoms with Crippen LogP contribution in [0.15, 0.2) is 54.0 Å². The minimum Gasteiger partial charge on any atom is -0.487 e. The van der Waals surface area contributed by atoms with Crippen LogP contribution >= 0.6 is 0 Å². The number of halogens is 2. The van der Waals surface area contributed by atoms with E-state index < -0.39 is 11.6 Å². The molecule has 1 fully saturated rings. The summed E-state index contributed by atoms with van der Waals surface area (Å²) in [5.41, 5.74) is 7.49. The lowest BCUT2D eigenvalue weighted by Crippen LogP contribution is -2.40. The molecule has 0 aliphatic carbocycles. The zero-order chi connectivity index (χ0) is 23.4. The van der Waals surface area contributed by atoms with Crippen molar-refractivity contribution in [2.75, 3.05) is 23.8 Å². The number of hydrogen-bond donors (Lipinski definition) is 4. The minimum absolute atomic E-state index is 0.0687. The highest BCUT2D eigenvalue weighted by molar-refractivity contribution is 6.12. The summed E-state index contributed by atoms with van der Waals surface area (Å²) in [5.74, 6) is 9.14. The van der Waals surface area contributed by atoms with E-state index in [1.54, 1.807) is 36.8 Å². The van der Waals surface area contributed by atoms with Gasteiger partial charge < -0.3 is 21.6 Å². The molecule has 9 nitrogen and oxygen atoms in total. The maximum absolute atomic E-state index is 15.0. The van der Waals surface area contributed by atoms with E-state index in [0.717, 1.165) is 23.7 Å². The first-order chi connectivity index (χ1) is 16.0. The fourth-order valence-electron chi connectivity index (χ4n) is 3.62. The molecule has 0 amide bonds. The normalized spacial score (nSPS) is 14.8. The molecule has 0 radical (unpaired) electrons. The molecule has 11 heteroatoms.